The SMILES string of the molecule is Cc1cc(C(=O)N(C)c2ccc(C#N)cc2)cc2c1ncn2-c1ccc(NC(=O)C2CC2)nc1. The molecule has 1 aliphatic carbocycles. The highest BCUT2D eigenvalue weighted by molar-refractivity contribution is 6.07. The number of nitrogens with zero attached hydrogens (tertiary/aromatic N) is 5. The van der Waals surface area contributed by atoms with E-state index in [0.717, 1.165) is 35.1 Å². The first-order valence-electron chi connectivity index (χ1n) is 11.0. The zero-order valence-corrected chi connectivity index (χ0v) is 18.8. The molecule has 8 nitrogen and oxygen atoms in total. The Bertz CT molecular complexity index is 1440. The highest BCUT2D eigenvalue weighted by Gasteiger charge is 2.29. The second-order valence-corrected chi connectivity index (χ2v) is 8.46. The number of hydrogen-bond acceptors (Lipinski definition) is 5. The zero-order valence-electron chi connectivity index (χ0n) is 18.8. The minimum atomic E-state index is -0.168. The number of carbonyl (C=O) groups excluding carboxylic acids is 2. The van der Waals surface area contributed by atoms with E-state index in [2.05, 4.69) is 21.4 Å². The summed E-state index contributed by atoms with van der Waals surface area (Å²) in [5, 5.41) is 11.8. The predicted molar refractivity (Wildman–Crippen MR) is 129 cm³/mol. The van der Waals surface area contributed by atoms with Crippen molar-refractivity contribution in [1.82, 2.24) is 14.5 Å². The van der Waals surface area contributed by atoms with E-state index in [1.807, 2.05) is 29.7 Å². The van der Waals surface area contributed by atoms with E-state index in [-0.39, 0.29) is 17.7 Å². The lowest BCUT2D eigenvalue weighted by Crippen LogP contribution is -2.26. The number of carbonyl (C=O) groups is 2. The molecule has 1 aliphatic rings. The van der Waals surface area contributed by atoms with Crippen molar-refractivity contribution >= 4 is 34.4 Å². The van der Waals surface area contributed by atoms with Gasteiger partial charge in [-0.3, -0.25) is 14.2 Å². The fraction of sp³-hybridized carbons (Fsp3) is 0.192. The summed E-state index contributed by atoms with van der Waals surface area (Å²) in [6.07, 6.45) is 5.25. The van der Waals surface area contributed by atoms with Gasteiger partial charge in [0, 0.05) is 24.2 Å². The largest absolute Gasteiger partial charge is 0.311 e. The van der Waals surface area contributed by atoms with E-state index in [0.29, 0.717) is 22.6 Å². The van der Waals surface area contributed by atoms with Crippen molar-refractivity contribution < 1.29 is 9.59 Å². The molecule has 2 aromatic heterocycles. The van der Waals surface area contributed by atoms with Gasteiger partial charge in [0.2, 0.25) is 5.91 Å². The van der Waals surface area contributed by atoms with Crippen molar-refractivity contribution in [3.05, 3.63) is 77.7 Å². The van der Waals surface area contributed by atoms with Gasteiger partial charge < -0.3 is 10.2 Å². The number of imidazole rings is 1. The molecule has 4 aromatic rings. The van der Waals surface area contributed by atoms with Crippen LogP contribution in [0.3, 0.4) is 0 Å². The highest BCUT2D eigenvalue weighted by Crippen LogP contribution is 2.30. The number of anilines is 2. The number of benzene rings is 2. The van der Waals surface area contributed by atoms with Gasteiger partial charge in [-0.25, -0.2) is 9.97 Å². The minimum Gasteiger partial charge on any atom is -0.311 e. The summed E-state index contributed by atoms with van der Waals surface area (Å²) in [6.45, 7) is 1.92. The lowest BCUT2D eigenvalue weighted by molar-refractivity contribution is -0.117. The topological polar surface area (TPSA) is 104 Å². The molecule has 34 heavy (non-hydrogen) atoms. The number of hydrogen-bond donors (Lipinski definition) is 1. The Kier molecular flexibility index (Phi) is 5.30. The molecule has 0 radical (unpaired) electrons. The van der Waals surface area contributed by atoms with Crippen LogP contribution in [0.2, 0.25) is 0 Å². The summed E-state index contributed by atoms with van der Waals surface area (Å²) in [6, 6.07) is 16.2. The molecule has 168 valence electrons. The molecule has 2 aromatic carbocycles. The molecular formula is C26H22N6O2. The van der Waals surface area contributed by atoms with Gasteiger partial charge in [0.05, 0.1) is 34.6 Å². The van der Waals surface area contributed by atoms with E-state index >= 15 is 0 Å². The Hall–Kier alpha value is -4.51. The van der Waals surface area contributed by atoms with Gasteiger partial charge in [0.25, 0.3) is 5.91 Å². The summed E-state index contributed by atoms with van der Waals surface area (Å²) < 4.78 is 1.88. The third-order valence-electron chi connectivity index (χ3n) is 6.00. The molecule has 5 rings (SSSR count). The van der Waals surface area contributed by atoms with Crippen LogP contribution in [0, 0.1) is 24.2 Å². The number of nitriles is 1. The lowest BCUT2D eigenvalue weighted by Gasteiger charge is -2.18. The smallest absolute Gasteiger partial charge is 0.258 e. The van der Waals surface area contributed by atoms with Crippen LogP contribution in [0.5, 0.6) is 0 Å². The lowest BCUT2D eigenvalue weighted by atomic mass is 10.1. The van der Waals surface area contributed by atoms with E-state index < -0.39 is 0 Å². The molecule has 0 atom stereocenters. The van der Waals surface area contributed by atoms with Gasteiger partial charge in [-0.15, -0.1) is 0 Å². The summed E-state index contributed by atoms with van der Waals surface area (Å²) in [5.41, 5.74) is 5.00. The van der Waals surface area contributed by atoms with Crippen molar-refractivity contribution in [2.45, 2.75) is 19.8 Å². The van der Waals surface area contributed by atoms with Crippen LogP contribution in [0.4, 0.5) is 11.5 Å². The Balaban J connectivity index is 1.44. The maximum atomic E-state index is 13.3. The van der Waals surface area contributed by atoms with Crippen LogP contribution in [0.25, 0.3) is 16.7 Å². The molecule has 2 amide bonds. The van der Waals surface area contributed by atoms with Gasteiger partial charge in [-0.2, -0.15) is 5.26 Å². The van der Waals surface area contributed by atoms with E-state index in [9.17, 15) is 9.59 Å². The number of pyridine rings is 1. The normalized spacial score (nSPS) is 12.9. The first-order valence-corrected chi connectivity index (χ1v) is 11.0. The van der Waals surface area contributed by atoms with Crippen LogP contribution in [0.1, 0.15) is 34.3 Å². The molecule has 1 fully saturated rings. The Morgan fingerprint density at radius 1 is 1.12 bits per heavy atom. The first kappa shape index (κ1) is 21.3. The van der Waals surface area contributed by atoms with Crippen LogP contribution >= 0.6 is 0 Å². The molecule has 0 saturated heterocycles. The van der Waals surface area contributed by atoms with Crippen molar-refractivity contribution in [2.75, 3.05) is 17.3 Å². The van der Waals surface area contributed by atoms with Crippen molar-refractivity contribution in [1.29, 1.82) is 5.26 Å². The maximum absolute atomic E-state index is 13.3. The summed E-state index contributed by atoms with van der Waals surface area (Å²) in [5.74, 6) is 0.471. The molecule has 8 heteroatoms. The predicted octanol–water partition coefficient (Wildman–Crippen LogP) is 4.23. The average Bonchev–Trinajstić information content (AvgIpc) is 3.63. The standard InChI is InChI=1S/C26H22N6O2/c1-16-11-19(26(34)31(2)20-7-3-17(13-27)4-8-20)12-22-24(16)29-15-32(22)21-9-10-23(28-14-21)30-25(33)18-5-6-18/h3-4,7-12,14-15,18H,5-6H2,1-2H3,(H,28,30,33). The van der Waals surface area contributed by atoms with Crippen LogP contribution in [-0.2, 0) is 4.79 Å². The molecule has 0 aliphatic heterocycles. The van der Waals surface area contributed by atoms with Gasteiger partial charge in [-0.1, -0.05) is 0 Å². The van der Waals surface area contributed by atoms with Gasteiger partial charge in [0.15, 0.2) is 0 Å². The molecule has 1 N–H and O–H groups in total. The fourth-order valence-corrected chi connectivity index (χ4v) is 3.87. The number of rotatable bonds is 5. The van der Waals surface area contributed by atoms with E-state index in [1.54, 1.807) is 54.8 Å². The minimum absolute atomic E-state index is 0.0125. The van der Waals surface area contributed by atoms with E-state index in [1.165, 1.54) is 0 Å². The third kappa shape index (κ3) is 3.99. The Morgan fingerprint density at radius 2 is 1.88 bits per heavy atom. The molecule has 0 bridgehead atoms. The van der Waals surface area contributed by atoms with Crippen molar-refractivity contribution in [3.63, 3.8) is 0 Å². The maximum Gasteiger partial charge on any atom is 0.258 e. The molecule has 0 unspecified atom stereocenters. The zero-order chi connectivity index (χ0) is 23.8. The third-order valence-corrected chi connectivity index (χ3v) is 6.00. The monoisotopic (exact) mass is 450 g/mol. The second-order valence-electron chi connectivity index (χ2n) is 8.46. The summed E-state index contributed by atoms with van der Waals surface area (Å²) >= 11 is 0. The number of amides is 2. The first-order chi connectivity index (χ1) is 16.4. The van der Waals surface area contributed by atoms with Gasteiger partial charge >= 0.3 is 0 Å². The van der Waals surface area contributed by atoms with Crippen LogP contribution in [0.15, 0.2) is 61.1 Å². The summed E-state index contributed by atoms with van der Waals surface area (Å²) in [7, 11) is 1.71. The summed E-state index contributed by atoms with van der Waals surface area (Å²) in [4.78, 5) is 35.7. The number of nitrogens with one attached hydrogen (secondary N) is 1. The van der Waals surface area contributed by atoms with Crippen molar-refractivity contribution in [2.24, 2.45) is 5.92 Å². The van der Waals surface area contributed by atoms with Crippen LogP contribution < -0.4 is 10.2 Å². The molecule has 2 heterocycles. The van der Waals surface area contributed by atoms with Crippen LogP contribution in [-0.4, -0.2) is 33.4 Å². The van der Waals surface area contributed by atoms with Crippen molar-refractivity contribution in [3.8, 4) is 11.8 Å². The Morgan fingerprint density at radius 3 is 2.53 bits per heavy atom. The highest BCUT2D eigenvalue weighted by atomic mass is 16.2. The fourth-order valence-electron chi connectivity index (χ4n) is 3.87. The number of aromatic nitrogens is 3. The Labute approximate surface area is 196 Å². The number of fused-ring (bicyclic) bond motifs is 1. The molecule has 0 spiro atoms. The van der Waals surface area contributed by atoms with Gasteiger partial charge in [-0.05, 0) is 73.9 Å². The van der Waals surface area contributed by atoms with Gasteiger partial charge in [0.1, 0.15) is 12.1 Å². The average molecular weight is 451 g/mol. The van der Waals surface area contributed by atoms with E-state index in [4.69, 9.17) is 5.26 Å². The number of aryl methyl sites for hydroxylation is 1. The molecule has 1 saturated carbocycles. The quantitative estimate of drug-likeness (QED) is 0.490. The second kappa shape index (κ2) is 8.45. The molecular weight excluding hydrogens is 428 g/mol.